The average Bonchev–Trinajstić information content (AvgIpc) is 2.70. The molecule has 0 bridgehead atoms. The quantitative estimate of drug-likeness (QED) is 0.719. The topological polar surface area (TPSA) is 20.3 Å². The highest BCUT2D eigenvalue weighted by Gasteiger charge is 2.34. The Labute approximate surface area is 101 Å². The fraction of sp³-hybridized carbons (Fsp3) is 0.357. The number of likely N-dealkylation sites (tertiary alicyclic amines) is 1. The van der Waals surface area contributed by atoms with Crippen molar-refractivity contribution in [1.82, 2.24) is 4.90 Å². The zero-order valence-electron chi connectivity index (χ0n) is 9.90. The molecule has 0 N–H and O–H groups in total. The third kappa shape index (κ3) is 2.23. The molecule has 2 nitrogen and oxygen atoms in total. The molecule has 1 aromatic carbocycles. The monoisotopic (exact) mass is 233 g/mol. The second-order valence-corrected chi connectivity index (χ2v) is 4.50. The molecule has 0 spiro atoms. The summed E-state index contributed by atoms with van der Waals surface area (Å²) in [6.07, 6.45) is 2.27. The van der Waals surface area contributed by atoms with Gasteiger partial charge in [0.2, 0.25) is 5.91 Å². The number of hydrogen-bond donors (Lipinski definition) is 0. The maximum Gasteiger partial charge on any atom is 0.246 e. The summed E-state index contributed by atoms with van der Waals surface area (Å²) >= 11 is 0. The van der Waals surface area contributed by atoms with Crippen LogP contribution in [0.25, 0.3) is 0 Å². The van der Waals surface area contributed by atoms with E-state index < -0.39 is 0 Å². The zero-order valence-corrected chi connectivity index (χ0v) is 9.90. The first-order valence-corrected chi connectivity index (χ1v) is 5.82. The van der Waals surface area contributed by atoms with Crippen LogP contribution in [0.3, 0.4) is 0 Å². The number of nitrogens with zero attached hydrogens (tertiary/aromatic N) is 1. The molecule has 1 fully saturated rings. The minimum Gasteiger partial charge on any atom is -0.332 e. The van der Waals surface area contributed by atoms with E-state index >= 15 is 0 Å². The van der Waals surface area contributed by atoms with Crippen molar-refractivity contribution < 1.29 is 9.18 Å². The predicted octanol–water partition coefficient (Wildman–Crippen LogP) is 2.92. The van der Waals surface area contributed by atoms with E-state index in [0.717, 1.165) is 12.0 Å². The Bertz CT molecular complexity index is 444. The molecule has 3 heteroatoms. The van der Waals surface area contributed by atoms with Crippen LogP contribution < -0.4 is 0 Å². The van der Waals surface area contributed by atoms with E-state index in [1.165, 1.54) is 18.2 Å². The van der Waals surface area contributed by atoms with Crippen molar-refractivity contribution >= 4 is 5.91 Å². The maximum absolute atomic E-state index is 13.2. The molecule has 0 aliphatic carbocycles. The molecule has 1 heterocycles. The van der Waals surface area contributed by atoms with Gasteiger partial charge in [0.25, 0.3) is 0 Å². The van der Waals surface area contributed by atoms with E-state index in [1.54, 1.807) is 11.0 Å². The van der Waals surface area contributed by atoms with Crippen LogP contribution in [0.15, 0.2) is 36.9 Å². The van der Waals surface area contributed by atoms with Gasteiger partial charge in [0.05, 0.1) is 6.04 Å². The second-order valence-electron chi connectivity index (χ2n) is 4.50. The Kier molecular flexibility index (Phi) is 3.27. The standard InChI is InChI=1S/C14H16FNO/c1-3-13(17)16-8-7-10(2)14(16)11-5-4-6-12(15)9-11/h3-6,9-10,14H,1,7-8H2,2H3. The molecule has 1 amide bonds. The summed E-state index contributed by atoms with van der Waals surface area (Å²) in [5.41, 5.74) is 0.866. The van der Waals surface area contributed by atoms with Gasteiger partial charge in [0.15, 0.2) is 0 Å². The van der Waals surface area contributed by atoms with Crippen molar-refractivity contribution in [1.29, 1.82) is 0 Å². The second kappa shape index (κ2) is 4.70. The third-order valence-electron chi connectivity index (χ3n) is 3.35. The summed E-state index contributed by atoms with van der Waals surface area (Å²) < 4.78 is 13.2. The molecular formula is C14H16FNO. The molecule has 1 aliphatic heterocycles. The molecule has 2 rings (SSSR count). The molecule has 17 heavy (non-hydrogen) atoms. The first-order valence-electron chi connectivity index (χ1n) is 5.82. The van der Waals surface area contributed by atoms with Crippen molar-refractivity contribution in [3.05, 3.63) is 48.3 Å². The van der Waals surface area contributed by atoms with Crippen molar-refractivity contribution in [3.8, 4) is 0 Å². The summed E-state index contributed by atoms with van der Waals surface area (Å²) in [6, 6.07) is 6.46. The van der Waals surface area contributed by atoms with Gasteiger partial charge in [0, 0.05) is 6.54 Å². The van der Waals surface area contributed by atoms with Crippen LogP contribution in [0.2, 0.25) is 0 Å². The van der Waals surface area contributed by atoms with Crippen LogP contribution in [0.4, 0.5) is 4.39 Å². The Hall–Kier alpha value is -1.64. The van der Waals surface area contributed by atoms with Gasteiger partial charge in [0.1, 0.15) is 5.82 Å². The van der Waals surface area contributed by atoms with E-state index in [-0.39, 0.29) is 17.8 Å². The minimum atomic E-state index is -0.257. The number of amides is 1. The van der Waals surface area contributed by atoms with E-state index in [1.807, 2.05) is 6.07 Å². The lowest BCUT2D eigenvalue weighted by Crippen LogP contribution is -2.30. The van der Waals surface area contributed by atoms with Crippen LogP contribution in [0.5, 0.6) is 0 Å². The predicted molar refractivity (Wildman–Crippen MR) is 64.8 cm³/mol. The molecule has 0 radical (unpaired) electrons. The first kappa shape index (κ1) is 11.8. The van der Waals surface area contributed by atoms with Crippen molar-refractivity contribution in [2.24, 2.45) is 5.92 Å². The lowest BCUT2D eigenvalue weighted by Gasteiger charge is -2.26. The zero-order chi connectivity index (χ0) is 12.4. The highest BCUT2D eigenvalue weighted by molar-refractivity contribution is 5.87. The van der Waals surface area contributed by atoms with Gasteiger partial charge in [-0.15, -0.1) is 0 Å². The lowest BCUT2D eigenvalue weighted by molar-refractivity contribution is -0.127. The van der Waals surface area contributed by atoms with Gasteiger partial charge in [-0.05, 0) is 36.1 Å². The number of benzene rings is 1. The van der Waals surface area contributed by atoms with E-state index in [0.29, 0.717) is 12.5 Å². The number of carbonyl (C=O) groups excluding carboxylic acids is 1. The molecule has 0 saturated carbocycles. The summed E-state index contributed by atoms with van der Waals surface area (Å²) in [4.78, 5) is 13.5. The molecule has 0 aromatic heterocycles. The molecule has 1 aliphatic rings. The minimum absolute atomic E-state index is 0.0313. The normalized spacial score (nSPS) is 23.8. The smallest absolute Gasteiger partial charge is 0.246 e. The Morgan fingerprint density at radius 2 is 2.35 bits per heavy atom. The largest absolute Gasteiger partial charge is 0.332 e. The van der Waals surface area contributed by atoms with Gasteiger partial charge >= 0.3 is 0 Å². The lowest BCUT2D eigenvalue weighted by atomic mass is 9.95. The average molecular weight is 233 g/mol. The molecule has 1 aromatic rings. The number of carbonyl (C=O) groups is 1. The third-order valence-corrected chi connectivity index (χ3v) is 3.35. The summed E-state index contributed by atoms with van der Waals surface area (Å²) in [5.74, 6) is 0.0110. The Morgan fingerprint density at radius 1 is 1.59 bits per heavy atom. The summed E-state index contributed by atoms with van der Waals surface area (Å²) in [5, 5.41) is 0. The molecule has 1 saturated heterocycles. The highest BCUT2D eigenvalue weighted by atomic mass is 19.1. The maximum atomic E-state index is 13.2. The number of hydrogen-bond acceptors (Lipinski definition) is 1. The van der Waals surface area contributed by atoms with Gasteiger partial charge in [-0.25, -0.2) is 4.39 Å². The van der Waals surface area contributed by atoms with Crippen molar-refractivity contribution in [2.75, 3.05) is 6.54 Å². The summed E-state index contributed by atoms with van der Waals surface area (Å²) in [7, 11) is 0. The fourth-order valence-electron chi connectivity index (χ4n) is 2.51. The van der Waals surface area contributed by atoms with Gasteiger partial charge in [-0.3, -0.25) is 4.79 Å². The van der Waals surface area contributed by atoms with E-state index in [2.05, 4.69) is 13.5 Å². The Balaban J connectivity index is 2.33. The number of halogens is 1. The SMILES string of the molecule is C=CC(=O)N1CCC(C)C1c1cccc(F)c1. The molecule has 90 valence electrons. The van der Waals surface area contributed by atoms with Gasteiger partial charge < -0.3 is 4.90 Å². The summed E-state index contributed by atoms with van der Waals surface area (Å²) in [6.45, 7) is 6.32. The molecule has 2 atom stereocenters. The van der Waals surface area contributed by atoms with Crippen LogP contribution in [-0.4, -0.2) is 17.4 Å². The van der Waals surface area contributed by atoms with Crippen LogP contribution in [0.1, 0.15) is 24.9 Å². The van der Waals surface area contributed by atoms with Crippen LogP contribution >= 0.6 is 0 Å². The first-order chi connectivity index (χ1) is 8.13. The number of rotatable bonds is 2. The van der Waals surface area contributed by atoms with Crippen LogP contribution in [0, 0.1) is 11.7 Å². The highest BCUT2D eigenvalue weighted by Crippen LogP contribution is 2.37. The van der Waals surface area contributed by atoms with E-state index in [4.69, 9.17) is 0 Å². The van der Waals surface area contributed by atoms with E-state index in [9.17, 15) is 9.18 Å². The van der Waals surface area contributed by atoms with Crippen LogP contribution in [-0.2, 0) is 4.79 Å². The molecule has 2 unspecified atom stereocenters. The Morgan fingerprint density at radius 3 is 3.00 bits per heavy atom. The van der Waals surface area contributed by atoms with Crippen molar-refractivity contribution in [2.45, 2.75) is 19.4 Å². The molecular weight excluding hydrogens is 217 g/mol. The van der Waals surface area contributed by atoms with Gasteiger partial charge in [-0.1, -0.05) is 25.6 Å². The van der Waals surface area contributed by atoms with Gasteiger partial charge in [-0.2, -0.15) is 0 Å². The fourth-order valence-corrected chi connectivity index (χ4v) is 2.51. The van der Waals surface area contributed by atoms with Crippen molar-refractivity contribution in [3.63, 3.8) is 0 Å².